The number of hydrogen-bond donors (Lipinski definition) is 0. The number of ketones is 1. The molecule has 90 valence electrons. The second-order valence-electron chi connectivity index (χ2n) is 4.28. The molecule has 2 aromatic rings. The Bertz CT molecular complexity index is 565. The normalized spacial score (nSPS) is 10.8. The van der Waals surface area contributed by atoms with Crippen LogP contribution in [0.3, 0.4) is 0 Å². The Morgan fingerprint density at radius 1 is 1.41 bits per heavy atom. The largest absolute Gasteiger partial charge is 0.294 e. The summed E-state index contributed by atoms with van der Waals surface area (Å²) in [5.74, 6) is 0.0671. The van der Waals surface area contributed by atoms with Crippen LogP contribution in [-0.4, -0.2) is 25.3 Å². The molecule has 0 radical (unpaired) electrons. The van der Waals surface area contributed by atoms with Gasteiger partial charge in [0.15, 0.2) is 5.78 Å². The molecule has 17 heavy (non-hydrogen) atoms. The highest BCUT2D eigenvalue weighted by Gasteiger charge is 2.15. The van der Waals surface area contributed by atoms with Gasteiger partial charge in [0, 0.05) is 24.5 Å². The summed E-state index contributed by atoms with van der Waals surface area (Å²) in [6.07, 6.45) is 3.76. The van der Waals surface area contributed by atoms with Crippen molar-refractivity contribution >= 4 is 5.78 Å². The van der Waals surface area contributed by atoms with Crippen molar-refractivity contribution in [3.8, 4) is 0 Å². The van der Waals surface area contributed by atoms with E-state index in [1.165, 1.54) is 0 Å². The molecule has 0 atom stereocenters. The van der Waals surface area contributed by atoms with Gasteiger partial charge in [0.2, 0.25) is 0 Å². The number of carbonyl (C=O) groups excluding carboxylic acids is 1. The molecule has 5 nitrogen and oxygen atoms in total. The molecule has 0 aliphatic rings. The molecule has 0 fully saturated rings. The van der Waals surface area contributed by atoms with Crippen molar-refractivity contribution in [2.24, 2.45) is 7.05 Å². The number of aryl methyl sites for hydroxylation is 2. The van der Waals surface area contributed by atoms with Gasteiger partial charge >= 0.3 is 0 Å². The average Bonchev–Trinajstić information content (AvgIpc) is 2.73. The molecule has 2 heterocycles. The van der Waals surface area contributed by atoms with Gasteiger partial charge in [-0.15, -0.1) is 0 Å². The third-order valence-corrected chi connectivity index (χ3v) is 2.82. The fourth-order valence-corrected chi connectivity index (χ4v) is 2.09. The fourth-order valence-electron chi connectivity index (χ4n) is 2.09. The topological polar surface area (TPSA) is 52.7 Å². The van der Waals surface area contributed by atoms with Crippen LogP contribution in [0.2, 0.25) is 0 Å². The van der Waals surface area contributed by atoms with E-state index >= 15 is 0 Å². The third kappa shape index (κ3) is 2.13. The maximum atomic E-state index is 11.5. The Morgan fingerprint density at radius 3 is 2.59 bits per heavy atom. The van der Waals surface area contributed by atoms with E-state index < -0.39 is 0 Å². The van der Waals surface area contributed by atoms with Crippen molar-refractivity contribution < 1.29 is 4.79 Å². The lowest BCUT2D eigenvalue weighted by atomic mass is 10.1. The number of hydrogen-bond acceptors (Lipinski definition) is 3. The Labute approximate surface area is 100 Å². The van der Waals surface area contributed by atoms with Gasteiger partial charge in [-0.2, -0.15) is 10.2 Å². The molecule has 2 rings (SSSR count). The smallest absolute Gasteiger partial charge is 0.163 e. The molecule has 0 bridgehead atoms. The van der Waals surface area contributed by atoms with E-state index in [4.69, 9.17) is 0 Å². The summed E-state index contributed by atoms with van der Waals surface area (Å²) in [5.41, 5.74) is 3.51. The second kappa shape index (κ2) is 4.16. The number of nitrogens with zero attached hydrogens (tertiary/aromatic N) is 4. The zero-order valence-corrected chi connectivity index (χ0v) is 10.6. The summed E-state index contributed by atoms with van der Waals surface area (Å²) in [5, 5.41) is 8.51. The maximum Gasteiger partial charge on any atom is 0.163 e. The summed E-state index contributed by atoms with van der Waals surface area (Å²) in [7, 11) is 1.88. The van der Waals surface area contributed by atoms with Gasteiger partial charge in [0.05, 0.1) is 24.0 Å². The number of Topliss-reactive ketones (excluding diaryl/α,β-unsaturated/α-hetero) is 1. The minimum atomic E-state index is 0.0671. The monoisotopic (exact) mass is 232 g/mol. The highest BCUT2D eigenvalue weighted by molar-refractivity contribution is 5.96. The van der Waals surface area contributed by atoms with Crippen LogP contribution >= 0.6 is 0 Å². The lowest BCUT2D eigenvalue weighted by molar-refractivity contribution is 0.101. The number of carbonyl (C=O) groups is 1. The summed E-state index contributed by atoms with van der Waals surface area (Å²) in [6.45, 7) is 6.01. The van der Waals surface area contributed by atoms with Crippen LogP contribution < -0.4 is 0 Å². The average molecular weight is 232 g/mol. The molecule has 0 saturated heterocycles. The van der Waals surface area contributed by atoms with Crippen LogP contribution in [-0.2, 0) is 13.6 Å². The van der Waals surface area contributed by atoms with E-state index in [0.717, 1.165) is 22.5 Å². The van der Waals surface area contributed by atoms with E-state index in [1.54, 1.807) is 11.6 Å². The molecule has 0 aliphatic heterocycles. The first-order valence-electron chi connectivity index (χ1n) is 5.51. The van der Waals surface area contributed by atoms with Crippen molar-refractivity contribution in [3.63, 3.8) is 0 Å². The molecule has 0 amide bonds. The predicted octanol–water partition coefficient (Wildman–Crippen LogP) is 1.48. The first-order valence-corrected chi connectivity index (χ1v) is 5.51. The Hall–Kier alpha value is -1.91. The van der Waals surface area contributed by atoms with Gasteiger partial charge < -0.3 is 0 Å². The molecule has 2 aromatic heterocycles. The predicted molar refractivity (Wildman–Crippen MR) is 64.0 cm³/mol. The van der Waals surface area contributed by atoms with Crippen molar-refractivity contribution in [2.75, 3.05) is 0 Å². The summed E-state index contributed by atoms with van der Waals surface area (Å²) in [4.78, 5) is 11.5. The Kier molecular flexibility index (Phi) is 2.83. The van der Waals surface area contributed by atoms with E-state index in [1.807, 2.05) is 38.0 Å². The zero-order valence-electron chi connectivity index (χ0n) is 10.6. The van der Waals surface area contributed by atoms with Crippen LogP contribution in [0, 0.1) is 13.8 Å². The fraction of sp³-hybridized carbons (Fsp3) is 0.417. The van der Waals surface area contributed by atoms with E-state index in [2.05, 4.69) is 10.2 Å². The molecular weight excluding hydrogens is 216 g/mol. The van der Waals surface area contributed by atoms with Crippen molar-refractivity contribution in [2.45, 2.75) is 27.3 Å². The number of rotatable bonds is 3. The minimum Gasteiger partial charge on any atom is -0.294 e. The standard InChI is InChI=1S/C12H16N4O/c1-8-12(10(3)17)9(2)16(14-8)7-11-5-13-15(4)6-11/h5-6H,7H2,1-4H3. The lowest BCUT2D eigenvalue weighted by Crippen LogP contribution is -2.04. The molecule has 0 unspecified atom stereocenters. The SMILES string of the molecule is CC(=O)c1c(C)nn(Cc2cnn(C)c2)c1C. The molecule has 5 heteroatoms. The third-order valence-electron chi connectivity index (χ3n) is 2.82. The quantitative estimate of drug-likeness (QED) is 0.753. The summed E-state index contributed by atoms with van der Waals surface area (Å²) >= 11 is 0. The van der Waals surface area contributed by atoms with Gasteiger partial charge in [-0.25, -0.2) is 0 Å². The molecular formula is C12H16N4O. The van der Waals surface area contributed by atoms with Crippen molar-refractivity contribution in [3.05, 3.63) is 34.9 Å². The second-order valence-corrected chi connectivity index (χ2v) is 4.28. The maximum absolute atomic E-state index is 11.5. The zero-order chi connectivity index (χ0) is 12.6. The van der Waals surface area contributed by atoms with Crippen molar-refractivity contribution in [1.82, 2.24) is 19.6 Å². The molecule has 0 spiro atoms. The van der Waals surface area contributed by atoms with Crippen LogP contribution in [0.15, 0.2) is 12.4 Å². The van der Waals surface area contributed by atoms with Crippen LogP contribution in [0.1, 0.15) is 34.2 Å². The van der Waals surface area contributed by atoms with Gasteiger partial charge in [-0.1, -0.05) is 0 Å². The van der Waals surface area contributed by atoms with Gasteiger partial charge in [-0.05, 0) is 20.8 Å². The summed E-state index contributed by atoms with van der Waals surface area (Å²) in [6, 6.07) is 0. The molecule has 0 saturated carbocycles. The van der Waals surface area contributed by atoms with E-state index in [0.29, 0.717) is 6.54 Å². The Morgan fingerprint density at radius 2 is 2.12 bits per heavy atom. The molecule has 0 aliphatic carbocycles. The van der Waals surface area contributed by atoms with Crippen LogP contribution in [0.5, 0.6) is 0 Å². The van der Waals surface area contributed by atoms with Gasteiger partial charge in [0.1, 0.15) is 0 Å². The Balaban J connectivity index is 2.34. The highest BCUT2D eigenvalue weighted by Crippen LogP contribution is 2.14. The van der Waals surface area contributed by atoms with Gasteiger partial charge in [-0.3, -0.25) is 14.2 Å². The van der Waals surface area contributed by atoms with Crippen molar-refractivity contribution in [1.29, 1.82) is 0 Å². The number of aromatic nitrogens is 4. The van der Waals surface area contributed by atoms with E-state index in [-0.39, 0.29) is 5.78 Å². The first-order chi connectivity index (χ1) is 7.99. The lowest BCUT2D eigenvalue weighted by Gasteiger charge is -2.02. The van der Waals surface area contributed by atoms with E-state index in [9.17, 15) is 4.79 Å². The molecule has 0 aromatic carbocycles. The minimum absolute atomic E-state index is 0.0671. The first kappa shape index (κ1) is 11.6. The summed E-state index contributed by atoms with van der Waals surface area (Å²) < 4.78 is 3.61. The van der Waals surface area contributed by atoms with Crippen LogP contribution in [0.25, 0.3) is 0 Å². The highest BCUT2D eigenvalue weighted by atomic mass is 16.1. The molecule has 0 N–H and O–H groups in total. The van der Waals surface area contributed by atoms with Gasteiger partial charge in [0.25, 0.3) is 0 Å². The van der Waals surface area contributed by atoms with Crippen LogP contribution in [0.4, 0.5) is 0 Å².